The first-order chi connectivity index (χ1) is 12.6. The SMILES string of the molecule is CC[NH+]1CCC(NC(=O)CSc2nnnn2-c2ccc(C)cc2C)CC1. The number of benzene rings is 1. The molecule has 26 heavy (non-hydrogen) atoms. The molecule has 1 fully saturated rings. The second kappa shape index (κ2) is 8.64. The Morgan fingerprint density at radius 3 is 2.81 bits per heavy atom. The van der Waals surface area contributed by atoms with Gasteiger partial charge in [-0.2, -0.15) is 4.68 Å². The summed E-state index contributed by atoms with van der Waals surface area (Å²) in [5.41, 5.74) is 3.25. The van der Waals surface area contributed by atoms with Gasteiger partial charge in [0.25, 0.3) is 0 Å². The quantitative estimate of drug-likeness (QED) is 0.722. The first-order valence-electron chi connectivity index (χ1n) is 9.18. The average Bonchev–Trinajstić information content (AvgIpc) is 3.09. The third-order valence-corrected chi connectivity index (χ3v) is 5.83. The number of likely N-dealkylation sites (tertiary alicyclic amines) is 1. The molecular formula is C18H27N6OS+. The second-order valence-corrected chi connectivity index (χ2v) is 7.84. The first-order valence-corrected chi connectivity index (χ1v) is 10.2. The molecule has 1 aliphatic rings. The van der Waals surface area contributed by atoms with Gasteiger partial charge in [0.15, 0.2) is 0 Å². The van der Waals surface area contributed by atoms with E-state index >= 15 is 0 Å². The Morgan fingerprint density at radius 2 is 2.12 bits per heavy atom. The second-order valence-electron chi connectivity index (χ2n) is 6.90. The van der Waals surface area contributed by atoms with Gasteiger partial charge in [-0.3, -0.25) is 4.79 Å². The van der Waals surface area contributed by atoms with Gasteiger partial charge < -0.3 is 10.2 Å². The van der Waals surface area contributed by atoms with Gasteiger partial charge in [-0.05, 0) is 42.8 Å². The molecule has 8 heteroatoms. The molecule has 0 saturated carbocycles. The molecule has 0 unspecified atom stereocenters. The van der Waals surface area contributed by atoms with Gasteiger partial charge >= 0.3 is 0 Å². The third kappa shape index (κ3) is 4.62. The predicted octanol–water partition coefficient (Wildman–Crippen LogP) is 0.555. The van der Waals surface area contributed by atoms with Crippen LogP contribution in [0.1, 0.15) is 30.9 Å². The van der Waals surface area contributed by atoms with Crippen LogP contribution in [0.2, 0.25) is 0 Å². The number of aromatic nitrogens is 4. The number of carbonyl (C=O) groups excluding carboxylic acids is 1. The number of nitrogens with one attached hydrogen (secondary N) is 2. The fourth-order valence-electron chi connectivity index (χ4n) is 3.39. The van der Waals surface area contributed by atoms with Gasteiger partial charge in [-0.15, -0.1) is 5.10 Å². The normalized spacial score (nSPS) is 20.1. The van der Waals surface area contributed by atoms with Gasteiger partial charge in [-0.1, -0.05) is 29.5 Å². The number of carbonyl (C=O) groups is 1. The number of nitrogens with zero attached hydrogens (tertiary/aromatic N) is 4. The third-order valence-electron chi connectivity index (χ3n) is 4.91. The molecule has 2 N–H and O–H groups in total. The molecule has 140 valence electrons. The Hall–Kier alpha value is -1.93. The molecule has 0 radical (unpaired) electrons. The Balaban J connectivity index is 1.56. The van der Waals surface area contributed by atoms with Crippen molar-refractivity contribution in [3.05, 3.63) is 29.3 Å². The summed E-state index contributed by atoms with van der Waals surface area (Å²) in [4.78, 5) is 13.9. The summed E-state index contributed by atoms with van der Waals surface area (Å²) in [6.07, 6.45) is 2.11. The molecule has 2 heterocycles. The van der Waals surface area contributed by atoms with Gasteiger partial charge in [-0.25, -0.2) is 0 Å². The predicted molar refractivity (Wildman–Crippen MR) is 102 cm³/mol. The Labute approximate surface area is 158 Å². The Kier molecular flexibility index (Phi) is 6.26. The maximum absolute atomic E-state index is 12.3. The minimum absolute atomic E-state index is 0.0510. The summed E-state index contributed by atoms with van der Waals surface area (Å²) >= 11 is 1.37. The largest absolute Gasteiger partial charge is 0.352 e. The van der Waals surface area contributed by atoms with Crippen molar-refractivity contribution in [2.45, 2.75) is 44.8 Å². The van der Waals surface area contributed by atoms with Gasteiger partial charge in [0.2, 0.25) is 11.1 Å². The summed E-state index contributed by atoms with van der Waals surface area (Å²) in [7, 11) is 0. The lowest BCUT2D eigenvalue weighted by molar-refractivity contribution is -0.903. The molecule has 0 spiro atoms. The average molecular weight is 376 g/mol. The maximum atomic E-state index is 12.3. The van der Waals surface area contributed by atoms with E-state index in [1.165, 1.54) is 17.3 Å². The van der Waals surface area contributed by atoms with Crippen LogP contribution in [-0.2, 0) is 4.79 Å². The van der Waals surface area contributed by atoms with Crippen molar-refractivity contribution in [3.8, 4) is 5.69 Å². The highest BCUT2D eigenvalue weighted by Crippen LogP contribution is 2.21. The number of quaternary nitrogens is 1. The molecule has 1 saturated heterocycles. The van der Waals surface area contributed by atoms with E-state index in [9.17, 15) is 4.79 Å². The number of tetrazole rings is 1. The molecule has 1 aromatic carbocycles. The molecule has 1 aromatic heterocycles. The number of piperidine rings is 1. The highest BCUT2D eigenvalue weighted by Gasteiger charge is 2.22. The molecule has 0 aliphatic carbocycles. The van der Waals surface area contributed by atoms with Crippen LogP contribution >= 0.6 is 11.8 Å². The van der Waals surface area contributed by atoms with E-state index in [0.717, 1.165) is 43.7 Å². The molecule has 2 aromatic rings. The van der Waals surface area contributed by atoms with E-state index in [1.54, 1.807) is 9.58 Å². The molecule has 0 bridgehead atoms. The lowest BCUT2D eigenvalue weighted by atomic mass is 10.1. The van der Waals surface area contributed by atoms with Crippen LogP contribution in [0.3, 0.4) is 0 Å². The fourth-order valence-corrected chi connectivity index (χ4v) is 4.08. The van der Waals surface area contributed by atoms with E-state index in [0.29, 0.717) is 17.0 Å². The van der Waals surface area contributed by atoms with E-state index in [2.05, 4.69) is 40.8 Å². The lowest BCUT2D eigenvalue weighted by Crippen LogP contribution is -3.13. The number of thioether (sulfide) groups is 1. The zero-order valence-corrected chi connectivity index (χ0v) is 16.5. The number of hydrogen-bond acceptors (Lipinski definition) is 5. The topological polar surface area (TPSA) is 77.1 Å². The number of amides is 1. The van der Waals surface area contributed by atoms with Crippen LogP contribution < -0.4 is 10.2 Å². The van der Waals surface area contributed by atoms with Crippen molar-refractivity contribution in [2.24, 2.45) is 0 Å². The van der Waals surface area contributed by atoms with Gasteiger partial charge in [0.1, 0.15) is 0 Å². The standard InChI is InChI=1S/C18H26N6OS/c1-4-23-9-7-15(8-10-23)19-17(25)12-26-18-20-21-22-24(18)16-6-5-13(2)11-14(16)3/h5-6,11,15H,4,7-10,12H2,1-3H3,(H,19,25)/p+1. The van der Waals surface area contributed by atoms with Crippen LogP contribution in [0.4, 0.5) is 0 Å². The molecule has 1 aliphatic heterocycles. The molecule has 3 rings (SSSR count). The van der Waals surface area contributed by atoms with Crippen molar-refractivity contribution in [1.82, 2.24) is 25.5 Å². The summed E-state index contributed by atoms with van der Waals surface area (Å²) in [6.45, 7) is 9.75. The van der Waals surface area contributed by atoms with Gasteiger partial charge in [0.05, 0.1) is 31.1 Å². The summed E-state index contributed by atoms with van der Waals surface area (Å²) < 4.78 is 1.70. The van der Waals surface area contributed by atoms with E-state index in [-0.39, 0.29) is 5.91 Å². The number of rotatable bonds is 6. The van der Waals surface area contributed by atoms with Crippen LogP contribution in [0, 0.1) is 13.8 Å². The van der Waals surface area contributed by atoms with Crippen molar-refractivity contribution >= 4 is 17.7 Å². The molecule has 7 nitrogen and oxygen atoms in total. The van der Waals surface area contributed by atoms with Crippen LogP contribution in [-0.4, -0.2) is 57.5 Å². The number of hydrogen-bond donors (Lipinski definition) is 2. The zero-order chi connectivity index (χ0) is 18.5. The summed E-state index contributed by atoms with van der Waals surface area (Å²) in [5, 5.41) is 15.7. The molecular weight excluding hydrogens is 348 g/mol. The minimum Gasteiger partial charge on any atom is -0.352 e. The first kappa shape index (κ1) is 18.8. The van der Waals surface area contributed by atoms with Crippen LogP contribution in [0.15, 0.2) is 23.4 Å². The summed E-state index contributed by atoms with van der Waals surface area (Å²) in [5.74, 6) is 0.377. The Morgan fingerprint density at radius 1 is 1.35 bits per heavy atom. The van der Waals surface area contributed by atoms with Crippen LogP contribution in [0.25, 0.3) is 5.69 Å². The van der Waals surface area contributed by atoms with E-state index < -0.39 is 0 Å². The summed E-state index contributed by atoms with van der Waals surface area (Å²) in [6, 6.07) is 6.45. The van der Waals surface area contributed by atoms with Crippen molar-refractivity contribution in [2.75, 3.05) is 25.4 Å². The van der Waals surface area contributed by atoms with Gasteiger partial charge in [0, 0.05) is 18.9 Å². The smallest absolute Gasteiger partial charge is 0.230 e. The highest BCUT2D eigenvalue weighted by molar-refractivity contribution is 7.99. The highest BCUT2D eigenvalue weighted by atomic mass is 32.2. The van der Waals surface area contributed by atoms with Crippen LogP contribution in [0.5, 0.6) is 0 Å². The maximum Gasteiger partial charge on any atom is 0.230 e. The monoisotopic (exact) mass is 375 g/mol. The van der Waals surface area contributed by atoms with E-state index in [4.69, 9.17) is 0 Å². The van der Waals surface area contributed by atoms with E-state index in [1.807, 2.05) is 19.1 Å². The van der Waals surface area contributed by atoms with Crippen molar-refractivity contribution < 1.29 is 9.69 Å². The molecule has 0 atom stereocenters. The Bertz CT molecular complexity index is 754. The minimum atomic E-state index is 0.0510. The lowest BCUT2D eigenvalue weighted by Gasteiger charge is -2.28. The zero-order valence-electron chi connectivity index (χ0n) is 15.7. The molecule has 1 amide bonds. The number of aryl methyl sites for hydroxylation is 2. The van der Waals surface area contributed by atoms with Crippen molar-refractivity contribution in [1.29, 1.82) is 0 Å². The van der Waals surface area contributed by atoms with Crippen molar-refractivity contribution in [3.63, 3.8) is 0 Å². The fraction of sp³-hybridized carbons (Fsp3) is 0.556.